The zero-order valence-electron chi connectivity index (χ0n) is 5.82. The van der Waals surface area contributed by atoms with Gasteiger partial charge in [0, 0.05) is 42.1 Å². The van der Waals surface area contributed by atoms with E-state index in [-0.39, 0.29) is 42.1 Å². The Bertz CT molecular complexity index is 184. The normalized spacial score (nSPS) is 7.27. The van der Waals surface area contributed by atoms with Crippen molar-refractivity contribution in [3.05, 3.63) is 35.9 Å². The van der Waals surface area contributed by atoms with Crippen molar-refractivity contribution < 1.29 is 61.5 Å². The predicted octanol–water partition coefficient (Wildman–Crippen LogP) is 1.37. The van der Waals surface area contributed by atoms with Gasteiger partial charge in [0.05, 0.1) is 0 Å². The molecule has 0 unspecified atom stereocenters. The van der Waals surface area contributed by atoms with Gasteiger partial charge in [-0.15, -0.1) is 0 Å². The molecule has 1 rings (SSSR count). The summed E-state index contributed by atoms with van der Waals surface area (Å²) in [6.45, 7) is 0. The Morgan fingerprint density at radius 2 is 2.09 bits per heavy atom. The van der Waals surface area contributed by atoms with Crippen LogP contribution in [0.3, 0.4) is 0 Å². The van der Waals surface area contributed by atoms with Crippen molar-refractivity contribution in [1.82, 2.24) is 0 Å². The Balaban J connectivity index is 0. The van der Waals surface area contributed by atoms with Crippen LogP contribution in [-0.4, -0.2) is 4.40 Å². The van der Waals surface area contributed by atoms with Crippen LogP contribution < -0.4 is 0 Å². The third-order valence-corrected chi connectivity index (χ3v) is 1.68. The molecule has 0 aromatic heterocycles. The molecule has 0 aliphatic heterocycles. The van der Waals surface area contributed by atoms with Gasteiger partial charge < -0.3 is 0 Å². The summed E-state index contributed by atoms with van der Waals surface area (Å²) < 4.78 is 2.21. The van der Waals surface area contributed by atoms with Gasteiger partial charge in [0.1, 0.15) is 0 Å². The molecule has 0 amide bonds. The first-order valence-corrected chi connectivity index (χ1v) is 4.52. The Kier molecular flexibility index (Phi) is 12.3. The van der Waals surface area contributed by atoms with Crippen LogP contribution in [0, 0.1) is 6.07 Å². The molecule has 0 aliphatic rings. The summed E-state index contributed by atoms with van der Waals surface area (Å²) in [5.74, 6) is 0. The van der Waals surface area contributed by atoms with Crippen molar-refractivity contribution in [3.63, 3.8) is 0 Å². The van der Waals surface area contributed by atoms with Crippen LogP contribution in [-0.2, 0) is 67.9 Å². The third-order valence-electron chi connectivity index (χ3n) is 1.08. The summed E-state index contributed by atoms with van der Waals surface area (Å²) in [5, 5.41) is 0. The van der Waals surface area contributed by atoms with E-state index in [1.54, 1.807) is 0 Å². The molecule has 0 atom stereocenters. The van der Waals surface area contributed by atoms with Gasteiger partial charge in [0.15, 0.2) is 0 Å². The first kappa shape index (κ1) is 14.7. The van der Waals surface area contributed by atoms with Gasteiger partial charge in [0.2, 0.25) is 0 Å². The SMILES string of the molecule is [W].[W].[W]=[CH]Cc1[c-]cccc1. The number of hydrogen-bond acceptors (Lipinski definition) is 0. The topological polar surface area (TPSA) is 0 Å². The molecule has 0 saturated heterocycles. The first-order valence-electron chi connectivity index (χ1n) is 2.82. The van der Waals surface area contributed by atoms with Crippen LogP contribution in [0.4, 0.5) is 0 Å². The van der Waals surface area contributed by atoms with E-state index in [0.29, 0.717) is 0 Å². The Hall–Kier alpha value is 1.15. The average Bonchev–Trinajstić information content (AvgIpc) is 1.91. The van der Waals surface area contributed by atoms with Crippen LogP contribution in [0.25, 0.3) is 0 Å². The van der Waals surface area contributed by atoms with Crippen molar-refractivity contribution in [2.24, 2.45) is 0 Å². The van der Waals surface area contributed by atoms with Crippen LogP contribution in [0.2, 0.25) is 0 Å². The molecule has 0 saturated carbocycles. The molecule has 0 heterocycles. The van der Waals surface area contributed by atoms with Gasteiger partial charge >= 0.3 is 66.1 Å². The van der Waals surface area contributed by atoms with E-state index in [1.807, 2.05) is 18.2 Å². The zero-order chi connectivity index (χ0) is 6.53. The monoisotopic (exact) mass is 655 g/mol. The standard InChI is InChI=1S/C8H7.3W/c1-2-8-6-4-3-5-7-8;;;/h1,3-6H,2H2;;;/q-1;;;. The maximum absolute atomic E-state index is 3.15. The van der Waals surface area contributed by atoms with E-state index in [1.165, 1.54) is 24.9 Å². The second-order valence-electron chi connectivity index (χ2n) is 1.76. The molecule has 0 spiro atoms. The van der Waals surface area contributed by atoms with Crippen molar-refractivity contribution >= 4 is 4.40 Å². The van der Waals surface area contributed by atoms with Crippen LogP contribution in [0.5, 0.6) is 0 Å². The Morgan fingerprint density at radius 1 is 1.36 bits per heavy atom. The fourth-order valence-electron chi connectivity index (χ4n) is 0.647. The maximum atomic E-state index is 3.15. The van der Waals surface area contributed by atoms with Gasteiger partial charge in [0.25, 0.3) is 0 Å². The molecule has 0 N–H and O–H groups in total. The van der Waals surface area contributed by atoms with E-state index < -0.39 is 0 Å². The van der Waals surface area contributed by atoms with Gasteiger partial charge in [-0.2, -0.15) is 0 Å². The van der Waals surface area contributed by atoms with Gasteiger partial charge in [-0.3, -0.25) is 0 Å². The first-order chi connectivity index (χ1) is 4.43. The summed E-state index contributed by atoms with van der Waals surface area (Å²) in [6, 6.07) is 11.2. The van der Waals surface area contributed by atoms with E-state index in [4.69, 9.17) is 0 Å². The molecule has 11 heavy (non-hydrogen) atoms. The van der Waals surface area contributed by atoms with E-state index >= 15 is 0 Å². The van der Waals surface area contributed by atoms with Crippen molar-refractivity contribution in [1.29, 1.82) is 0 Å². The van der Waals surface area contributed by atoms with Gasteiger partial charge in [-0.1, -0.05) is 0 Å². The number of hydrogen-bond donors (Lipinski definition) is 0. The van der Waals surface area contributed by atoms with Crippen LogP contribution >= 0.6 is 0 Å². The minimum atomic E-state index is 0. The summed E-state index contributed by atoms with van der Waals surface area (Å²) in [4.78, 5) is 0. The molecule has 0 nitrogen and oxygen atoms in total. The second-order valence-corrected chi connectivity index (χ2v) is 2.96. The molecular weight excluding hydrogens is 648 g/mol. The van der Waals surface area contributed by atoms with Crippen molar-refractivity contribution in [2.45, 2.75) is 6.42 Å². The molecular formula is C8H7W3-. The quantitative estimate of drug-likeness (QED) is 0.424. The second kappa shape index (κ2) is 9.24. The van der Waals surface area contributed by atoms with E-state index in [2.05, 4.69) is 16.5 Å². The molecule has 3 heteroatoms. The minimum absolute atomic E-state index is 0. The summed E-state index contributed by atoms with van der Waals surface area (Å²) in [6.07, 6.45) is 1.07. The number of benzene rings is 1. The average molecular weight is 655 g/mol. The molecule has 0 bridgehead atoms. The van der Waals surface area contributed by atoms with Gasteiger partial charge in [-0.05, 0) is 0 Å². The van der Waals surface area contributed by atoms with Crippen LogP contribution in [0.1, 0.15) is 5.56 Å². The Labute approximate surface area is 107 Å². The molecule has 58 valence electrons. The molecule has 0 radical (unpaired) electrons. The third kappa shape index (κ3) is 6.33. The molecule has 0 aliphatic carbocycles. The summed E-state index contributed by atoms with van der Waals surface area (Å²) in [7, 11) is 0. The van der Waals surface area contributed by atoms with Crippen LogP contribution in [0.15, 0.2) is 24.3 Å². The van der Waals surface area contributed by atoms with E-state index in [9.17, 15) is 0 Å². The molecule has 1 aromatic rings. The fraction of sp³-hybridized carbons (Fsp3) is 0.125. The summed E-state index contributed by atoms with van der Waals surface area (Å²) in [5.41, 5.74) is 1.28. The van der Waals surface area contributed by atoms with E-state index in [0.717, 1.165) is 6.42 Å². The molecule has 1 aromatic carbocycles. The Morgan fingerprint density at radius 3 is 2.55 bits per heavy atom. The fourth-order valence-corrected chi connectivity index (χ4v) is 1.29. The zero-order valence-corrected chi connectivity index (χ0v) is 14.6. The predicted molar refractivity (Wildman–Crippen MR) is 35.0 cm³/mol. The number of rotatable bonds is 2. The summed E-state index contributed by atoms with van der Waals surface area (Å²) >= 11 is 1.53. The van der Waals surface area contributed by atoms with Crippen molar-refractivity contribution in [2.75, 3.05) is 0 Å². The van der Waals surface area contributed by atoms with Gasteiger partial charge in [-0.25, -0.2) is 0 Å². The molecule has 0 fully saturated rings. The van der Waals surface area contributed by atoms with Crippen molar-refractivity contribution in [3.8, 4) is 0 Å².